The van der Waals surface area contributed by atoms with Gasteiger partial charge in [-0.2, -0.15) is 0 Å². The Kier molecular flexibility index (Phi) is 4.02. The lowest BCUT2D eigenvalue weighted by atomic mass is 9.94. The van der Waals surface area contributed by atoms with Crippen molar-refractivity contribution in [2.45, 2.75) is 39.7 Å². The van der Waals surface area contributed by atoms with E-state index >= 15 is 0 Å². The first-order valence-corrected chi connectivity index (χ1v) is 6.68. The first kappa shape index (κ1) is 13.1. The summed E-state index contributed by atoms with van der Waals surface area (Å²) in [4.78, 5) is 12.2. The van der Waals surface area contributed by atoms with E-state index < -0.39 is 0 Å². The fourth-order valence-electron chi connectivity index (χ4n) is 2.41. The van der Waals surface area contributed by atoms with Crippen LogP contribution in [0, 0.1) is 19.8 Å². The summed E-state index contributed by atoms with van der Waals surface area (Å²) in [5.41, 5.74) is 3.28. The van der Waals surface area contributed by atoms with Gasteiger partial charge in [-0.3, -0.25) is 4.79 Å². The topological polar surface area (TPSA) is 41.1 Å². The van der Waals surface area contributed by atoms with Crippen molar-refractivity contribution in [1.29, 1.82) is 0 Å². The summed E-state index contributed by atoms with van der Waals surface area (Å²) < 4.78 is 0. The summed E-state index contributed by atoms with van der Waals surface area (Å²) in [6.45, 7) is 7.05. The zero-order valence-electron chi connectivity index (χ0n) is 11.4. The number of rotatable bonds is 2. The Bertz CT molecular complexity index is 434. The van der Waals surface area contributed by atoms with Crippen molar-refractivity contribution in [3.05, 3.63) is 29.3 Å². The minimum atomic E-state index is 0.0990. The number of carbonyl (C=O) groups excluding carboxylic acids is 1. The molecule has 3 nitrogen and oxygen atoms in total. The summed E-state index contributed by atoms with van der Waals surface area (Å²) in [6.07, 6.45) is 2.05. The maximum atomic E-state index is 12.2. The van der Waals surface area contributed by atoms with Crippen LogP contribution in [0.5, 0.6) is 0 Å². The predicted octanol–water partition coefficient (Wildman–Crippen LogP) is 2.63. The molecule has 0 saturated carbocycles. The molecule has 1 saturated heterocycles. The Morgan fingerprint density at radius 1 is 1.33 bits per heavy atom. The van der Waals surface area contributed by atoms with Gasteiger partial charge >= 0.3 is 0 Å². The van der Waals surface area contributed by atoms with E-state index in [1.54, 1.807) is 0 Å². The number of aryl methyl sites for hydroxylation is 2. The Morgan fingerprint density at radius 2 is 2.11 bits per heavy atom. The molecule has 0 aromatic heterocycles. The van der Waals surface area contributed by atoms with Gasteiger partial charge in [-0.1, -0.05) is 17.7 Å². The monoisotopic (exact) mass is 246 g/mol. The zero-order chi connectivity index (χ0) is 13.1. The van der Waals surface area contributed by atoms with Crippen LogP contribution in [0.2, 0.25) is 0 Å². The van der Waals surface area contributed by atoms with E-state index in [0.29, 0.717) is 6.04 Å². The molecule has 98 valence electrons. The van der Waals surface area contributed by atoms with Crippen molar-refractivity contribution in [3.63, 3.8) is 0 Å². The molecule has 1 fully saturated rings. The Balaban J connectivity index is 1.98. The van der Waals surface area contributed by atoms with E-state index in [1.807, 2.05) is 19.1 Å². The quantitative estimate of drug-likeness (QED) is 0.842. The van der Waals surface area contributed by atoms with Crippen LogP contribution in [0.4, 0.5) is 5.69 Å². The average molecular weight is 246 g/mol. The largest absolute Gasteiger partial charge is 0.326 e. The van der Waals surface area contributed by atoms with E-state index in [2.05, 4.69) is 30.5 Å². The molecule has 1 aliphatic heterocycles. The van der Waals surface area contributed by atoms with Crippen molar-refractivity contribution in [2.24, 2.45) is 5.92 Å². The fourth-order valence-corrected chi connectivity index (χ4v) is 2.41. The molecular weight excluding hydrogens is 224 g/mol. The second-order valence-corrected chi connectivity index (χ2v) is 5.39. The summed E-state index contributed by atoms with van der Waals surface area (Å²) >= 11 is 0. The zero-order valence-corrected chi connectivity index (χ0v) is 11.4. The second-order valence-electron chi connectivity index (χ2n) is 5.39. The molecule has 18 heavy (non-hydrogen) atoms. The minimum absolute atomic E-state index is 0.0990. The lowest BCUT2D eigenvalue weighted by Gasteiger charge is -2.27. The number of benzene rings is 1. The molecule has 1 heterocycles. The Hall–Kier alpha value is -1.35. The van der Waals surface area contributed by atoms with Crippen molar-refractivity contribution in [2.75, 3.05) is 11.9 Å². The van der Waals surface area contributed by atoms with Gasteiger partial charge in [-0.05, 0) is 45.2 Å². The lowest BCUT2D eigenvalue weighted by molar-refractivity contribution is -0.120. The van der Waals surface area contributed by atoms with Crippen molar-refractivity contribution < 1.29 is 4.79 Å². The summed E-state index contributed by atoms with van der Waals surface area (Å²) in [7, 11) is 0. The predicted molar refractivity (Wildman–Crippen MR) is 74.7 cm³/mol. The highest BCUT2D eigenvalue weighted by Crippen LogP contribution is 2.20. The normalized spacial score (nSPS) is 23.7. The number of hydrogen-bond donors (Lipinski definition) is 2. The Morgan fingerprint density at radius 3 is 2.72 bits per heavy atom. The molecule has 1 amide bonds. The maximum Gasteiger partial charge on any atom is 0.228 e. The van der Waals surface area contributed by atoms with E-state index in [0.717, 1.165) is 30.6 Å². The van der Waals surface area contributed by atoms with Gasteiger partial charge in [0.05, 0.1) is 5.92 Å². The molecule has 0 spiro atoms. The SMILES string of the molecule is Cc1ccc(NC(=O)C2CCC(C)NC2)c(C)c1. The van der Waals surface area contributed by atoms with Crippen LogP contribution in [0.3, 0.4) is 0 Å². The molecule has 1 aliphatic rings. The van der Waals surface area contributed by atoms with Gasteiger partial charge in [0.2, 0.25) is 5.91 Å². The summed E-state index contributed by atoms with van der Waals surface area (Å²) in [5, 5.41) is 6.40. The van der Waals surface area contributed by atoms with Gasteiger partial charge in [-0.25, -0.2) is 0 Å². The lowest BCUT2D eigenvalue weighted by Crippen LogP contribution is -2.41. The van der Waals surface area contributed by atoms with E-state index in [-0.39, 0.29) is 11.8 Å². The van der Waals surface area contributed by atoms with Crippen LogP contribution < -0.4 is 10.6 Å². The summed E-state index contributed by atoms with van der Waals surface area (Å²) in [5.74, 6) is 0.239. The number of nitrogens with one attached hydrogen (secondary N) is 2. The average Bonchev–Trinajstić information content (AvgIpc) is 2.33. The van der Waals surface area contributed by atoms with Gasteiger partial charge in [0, 0.05) is 18.3 Å². The van der Waals surface area contributed by atoms with Crippen molar-refractivity contribution in [3.8, 4) is 0 Å². The minimum Gasteiger partial charge on any atom is -0.326 e. The van der Waals surface area contributed by atoms with Crippen molar-refractivity contribution >= 4 is 11.6 Å². The fraction of sp³-hybridized carbons (Fsp3) is 0.533. The number of carbonyl (C=O) groups is 1. The van der Waals surface area contributed by atoms with Crippen LogP contribution in [0.25, 0.3) is 0 Å². The number of anilines is 1. The van der Waals surface area contributed by atoms with Crippen LogP contribution in [-0.2, 0) is 4.79 Å². The van der Waals surface area contributed by atoms with Gasteiger partial charge in [0.25, 0.3) is 0 Å². The maximum absolute atomic E-state index is 12.2. The van der Waals surface area contributed by atoms with E-state index in [4.69, 9.17) is 0 Å². The first-order valence-electron chi connectivity index (χ1n) is 6.68. The molecule has 2 unspecified atom stereocenters. The molecule has 2 atom stereocenters. The van der Waals surface area contributed by atoms with Crippen LogP contribution in [0.1, 0.15) is 30.9 Å². The molecule has 3 heteroatoms. The Labute approximate surface area is 109 Å². The van der Waals surface area contributed by atoms with E-state index in [9.17, 15) is 4.79 Å². The number of hydrogen-bond acceptors (Lipinski definition) is 2. The van der Waals surface area contributed by atoms with Gasteiger partial charge in [0.1, 0.15) is 0 Å². The molecular formula is C15H22N2O. The first-order chi connectivity index (χ1) is 8.56. The number of piperidine rings is 1. The van der Waals surface area contributed by atoms with Crippen LogP contribution >= 0.6 is 0 Å². The van der Waals surface area contributed by atoms with Crippen LogP contribution in [-0.4, -0.2) is 18.5 Å². The summed E-state index contributed by atoms with van der Waals surface area (Å²) in [6, 6.07) is 6.65. The third kappa shape index (κ3) is 3.10. The smallest absolute Gasteiger partial charge is 0.228 e. The molecule has 0 radical (unpaired) electrons. The second kappa shape index (κ2) is 5.53. The highest BCUT2D eigenvalue weighted by atomic mass is 16.1. The third-order valence-electron chi connectivity index (χ3n) is 3.67. The van der Waals surface area contributed by atoms with Gasteiger partial charge in [-0.15, -0.1) is 0 Å². The van der Waals surface area contributed by atoms with Gasteiger partial charge in [0.15, 0.2) is 0 Å². The van der Waals surface area contributed by atoms with Crippen molar-refractivity contribution in [1.82, 2.24) is 5.32 Å². The molecule has 2 rings (SSSR count). The molecule has 1 aromatic rings. The highest BCUT2D eigenvalue weighted by molar-refractivity contribution is 5.93. The third-order valence-corrected chi connectivity index (χ3v) is 3.67. The highest BCUT2D eigenvalue weighted by Gasteiger charge is 2.24. The number of amides is 1. The molecule has 0 bridgehead atoms. The van der Waals surface area contributed by atoms with Gasteiger partial charge < -0.3 is 10.6 Å². The molecule has 2 N–H and O–H groups in total. The van der Waals surface area contributed by atoms with E-state index in [1.165, 1.54) is 5.56 Å². The molecule has 1 aromatic carbocycles. The molecule has 0 aliphatic carbocycles. The standard InChI is InChI=1S/C15H22N2O/c1-10-4-7-14(11(2)8-10)17-15(18)13-6-5-12(3)16-9-13/h4,7-8,12-13,16H,5-6,9H2,1-3H3,(H,17,18). The van der Waals surface area contributed by atoms with Crippen LogP contribution in [0.15, 0.2) is 18.2 Å².